The third-order valence-electron chi connectivity index (χ3n) is 4.37. The van der Waals surface area contributed by atoms with E-state index in [2.05, 4.69) is 25.5 Å². The average Bonchev–Trinajstić information content (AvgIpc) is 2.90. The molecule has 3 atom stereocenters. The molecule has 0 bridgehead atoms. The van der Waals surface area contributed by atoms with Gasteiger partial charge in [0.1, 0.15) is 11.8 Å². The molecule has 3 rings (SSSR count). The standard InChI is InChI=1S/C16H18ClFN6O3/c17-13-11(24-23-10-4-2-1-3-9(10)18)14(21-15(19)20-13)22-16(27)6-5-8(7-25)12(16)26/h1-4,8,12,25-27H,5-7H2,(H3,19,20,21,22). The molecule has 1 aliphatic carbocycles. The van der Waals surface area contributed by atoms with Crippen LogP contribution in [0.4, 0.5) is 27.5 Å². The molecule has 0 amide bonds. The molecule has 1 fully saturated rings. The van der Waals surface area contributed by atoms with Gasteiger partial charge < -0.3 is 26.4 Å². The molecule has 2 aromatic rings. The lowest BCUT2D eigenvalue weighted by Crippen LogP contribution is -2.48. The molecule has 3 unspecified atom stereocenters. The molecule has 144 valence electrons. The molecular formula is C16H18ClFN6O3. The highest BCUT2D eigenvalue weighted by Crippen LogP contribution is 2.39. The minimum Gasteiger partial charge on any atom is -0.396 e. The molecule has 1 aromatic heterocycles. The number of hydrogen-bond acceptors (Lipinski definition) is 9. The number of nitrogen functional groups attached to an aromatic ring is 1. The Morgan fingerprint density at radius 3 is 2.74 bits per heavy atom. The monoisotopic (exact) mass is 396 g/mol. The Labute approximate surface area is 158 Å². The number of nitrogens with two attached hydrogens (primary N) is 1. The Morgan fingerprint density at radius 1 is 1.33 bits per heavy atom. The first-order valence-electron chi connectivity index (χ1n) is 8.13. The predicted octanol–water partition coefficient (Wildman–Crippen LogP) is 2.13. The van der Waals surface area contributed by atoms with Crippen LogP contribution in [0.3, 0.4) is 0 Å². The molecule has 0 saturated heterocycles. The fraction of sp³-hybridized carbons (Fsp3) is 0.375. The van der Waals surface area contributed by atoms with Gasteiger partial charge in [-0.25, -0.2) is 4.39 Å². The van der Waals surface area contributed by atoms with Crippen LogP contribution in [0.2, 0.25) is 5.15 Å². The lowest BCUT2D eigenvalue weighted by Gasteiger charge is -2.30. The number of nitrogens with one attached hydrogen (secondary N) is 1. The van der Waals surface area contributed by atoms with Crippen LogP contribution in [-0.2, 0) is 0 Å². The highest BCUT2D eigenvalue weighted by molar-refractivity contribution is 6.32. The lowest BCUT2D eigenvalue weighted by atomic mass is 10.0. The smallest absolute Gasteiger partial charge is 0.223 e. The molecule has 0 aliphatic heterocycles. The first kappa shape index (κ1) is 19.4. The van der Waals surface area contributed by atoms with Gasteiger partial charge in [0.05, 0.1) is 0 Å². The number of aliphatic hydroxyl groups is 3. The number of halogens is 2. The maximum absolute atomic E-state index is 13.7. The Balaban J connectivity index is 1.95. The van der Waals surface area contributed by atoms with Crippen LogP contribution >= 0.6 is 11.6 Å². The molecule has 1 aliphatic rings. The third-order valence-corrected chi connectivity index (χ3v) is 4.63. The van der Waals surface area contributed by atoms with E-state index < -0.39 is 23.6 Å². The molecule has 1 saturated carbocycles. The minimum atomic E-state index is -1.78. The molecule has 11 heteroatoms. The number of nitrogens with zero attached hydrogens (tertiary/aromatic N) is 4. The van der Waals surface area contributed by atoms with Gasteiger partial charge in [-0.1, -0.05) is 23.7 Å². The Hall–Kier alpha value is -2.40. The van der Waals surface area contributed by atoms with Crippen molar-refractivity contribution in [2.24, 2.45) is 16.1 Å². The number of aromatic nitrogens is 2. The van der Waals surface area contributed by atoms with Crippen LogP contribution in [0.5, 0.6) is 0 Å². The molecule has 9 nitrogen and oxygen atoms in total. The second kappa shape index (κ2) is 7.69. The fourth-order valence-corrected chi connectivity index (χ4v) is 3.10. The van der Waals surface area contributed by atoms with Crippen LogP contribution in [0.15, 0.2) is 34.5 Å². The molecule has 1 aromatic carbocycles. The summed E-state index contributed by atoms with van der Waals surface area (Å²) in [5, 5.41) is 40.4. The van der Waals surface area contributed by atoms with E-state index in [1.165, 1.54) is 18.2 Å². The predicted molar refractivity (Wildman–Crippen MR) is 96.4 cm³/mol. The third kappa shape index (κ3) is 3.98. The minimum absolute atomic E-state index is 0.0312. The summed E-state index contributed by atoms with van der Waals surface area (Å²) < 4.78 is 13.7. The van der Waals surface area contributed by atoms with Crippen LogP contribution in [-0.4, -0.2) is 43.7 Å². The second-order valence-electron chi connectivity index (χ2n) is 6.20. The van der Waals surface area contributed by atoms with E-state index in [1.807, 2.05) is 0 Å². The summed E-state index contributed by atoms with van der Waals surface area (Å²) in [6.45, 7) is -0.280. The van der Waals surface area contributed by atoms with Crippen molar-refractivity contribution in [3.63, 3.8) is 0 Å². The summed E-state index contributed by atoms with van der Waals surface area (Å²) in [5.41, 5.74) is 3.71. The molecule has 0 radical (unpaired) electrons. The van der Waals surface area contributed by atoms with Gasteiger partial charge in [-0.2, -0.15) is 9.97 Å². The Bertz CT molecular complexity index is 870. The zero-order chi connectivity index (χ0) is 19.6. The summed E-state index contributed by atoms with van der Waals surface area (Å²) in [4.78, 5) is 7.73. The van der Waals surface area contributed by atoms with Crippen molar-refractivity contribution < 1.29 is 19.7 Å². The zero-order valence-corrected chi connectivity index (χ0v) is 14.8. The molecule has 0 spiro atoms. The summed E-state index contributed by atoms with van der Waals surface area (Å²) in [7, 11) is 0. The van der Waals surface area contributed by atoms with Crippen molar-refractivity contribution in [2.45, 2.75) is 24.7 Å². The van der Waals surface area contributed by atoms with E-state index in [0.29, 0.717) is 6.42 Å². The molecule has 6 N–H and O–H groups in total. The van der Waals surface area contributed by atoms with E-state index in [-0.39, 0.29) is 41.3 Å². The quantitative estimate of drug-likeness (QED) is 0.295. The van der Waals surface area contributed by atoms with Crippen LogP contribution in [0.25, 0.3) is 0 Å². The summed E-state index contributed by atoms with van der Waals surface area (Å²) in [6, 6.07) is 5.73. The highest BCUT2D eigenvalue weighted by Gasteiger charge is 2.47. The van der Waals surface area contributed by atoms with Crippen LogP contribution in [0, 0.1) is 11.7 Å². The van der Waals surface area contributed by atoms with Gasteiger partial charge in [-0.05, 0) is 25.0 Å². The Kier molecular flexibility index (Phi) is 5.51. The van der Waals surface area contributed by atoms with Crippen molar-refractivity contribution in [1.29, 1.82) is 0 Å². The van der Waals surface area contributed by atoms with E-state index in [0.717, 1.165) is 0 Å². The van der Waals surface area contributed by atoms with Crippen molar-refractivity contribution >= 4 is 34.7 Å². The number of hydrogen-bond donors (Lipinski definition) is 5. The number of anilines is 2. The number of azo groups is 1. The van der Waals surface area contributed by atoms with E-state index in [1.54, 1.807) is 6.07 Å². The molecule has 1 heterocycles. The van der Waals surface area contributed by atoms with E-state index >= 15 is 0 Å². The summed E-state index contributed by atoms with van der Waals surface area (Å²) in [6.07, 6.45) is -0.722. The zero-order valence-electron chi connectivity index (χ0n) is 14.0. The summed E-state index contributed by atoms with van der Waals surface area (Å²) in [5.74, 6) is -1.35. The van der Waals surface area contributed by atoms with Gasteiger partial charge in [0, 0.05) is 12.5 Å². The van der Waals surface area contributed by atoms with Crippen molar-refractivity contribution in [1.82, 2.24) is 9.97 Å². The van der Waals surface area contributed by atoms with Gasteiger partial charge in [0.15, 0.2) is 28.2 Å². The first-order valence-corrected chi connectivity index (χ1v) is 8.50. The normalized spacial score (nSPS) is 25.2. The molecular weight excluding hydrogens is 379 g/mol. The number of benzene rings is 1. The van der Waals surface area contributed by atoms with Crippen molar-refractivity contribution in [3.05, 3.63) is 35.2 Å². The average molecular weight is 397 g/mol. The maximum Gasteiger partial charge on any atom is 0.223 e. The first-order chi connectivity index (χ1) is 12.8. The van der Waals surface area contributed by atoms with Crippen molar-refractivity contribution in [2.75, 3.05) is 17.7 Å². The fourth-order valence-electron chi connectivity index (χ4n) is 2.89. The van der Waals surface area contributed by atoms with Gasteiger partial charge >= 0.3 is 0 Å². The van der Waals surface area contributed by atoms with E-state index in [9.17, 15) is 19.7 Å². The number of rotatable bonds is 5. The Morgan fingerprint density at radius 2 is 2.07 bits per heavy atom. The highest BCUT2D eigenvalue weighted by atomic mass is 35.5. The lowest BCUT2D eigenvalue weighted by molar-refractivity contribution is -0.0545. The maximum atomic E-state index is 13.7. The van der Waals surface area contributed by atoms with Crippen LogP contribution < -0.4 is 11.1 Å². The van der Waals surface area contributed by atoms with Crippen molar-refractivity contribution in [3.8, 4) is 0 Å². The van der Waals surface area contributed by atoms with Gasteiger partial charge in [-0.15, -0.1) is 10.2 Å². The van der Waals surface area contributed by atoms with Gasteiger partial charge in [0.25, 0.3) is 0 Å². The molecule has 27 heavy (non-hydrogen) atoms. The second-order valence-corrected chi connectivity index (χ2v) is 6.55. The number of aliphatic hydroxyl groups excluding tert-OH is 2. The SMILES string of the molecule is Nc1nc(Cl)c(N=Nc2ccccc2F)c(NC2(O)CCC(CO)C2O)n1. The van der Waals surface area contributed by atoms with Gasteiger partial charge in [-0.3, -0.25) is 0 Å². The van der Waals surface area contributed by atoms with Crippen LogP contribution in [0.1, 0.15) is 12.8 Å². The van der Waals surface area contributed by atoms with E-state index in [4.69, 9.17) is 17.3 Å². The topological polar surface area (TPSA) is 149 Å². The largest absolute Gasteiger partial charge is 0.396 e. The summed E-state index contributed by atoms with van der Waals surface area (Å²) >= 11 is 6.06. The van der Waals surface area contributed by atoms with Gasteiger partial charge in [0.2, 0.25) is 5.95 Å².